The van der Waals surface area contributed by atoms with Crippen LogP contribution in [-0.4, -0.2) is 9.55 Å². The van der Waals surface area contributed by atoms with Gasteiger partial charge in [0.05, 0.1) is 22.7 Å². The molecule has 2 aromatic rings. The first kappa shape index (κ1) is 9.09. The van der Waals surface area contributed by atoms with Gasteiger partial charge in [0.1, 0.15) is 0 Å². The van der Waals surface area contributed by atoms with Crippen molar-refractivity contribution in [3.8, 4) is 5.69 Å². The molecule has 14 heavy (non-hydrogen) atoms. The average molecular weight is 208 g/mol. The monoisotopic (exact) mass is 207 g/mol. The Bertz CT molecular complexity index is 462. The van der Waals surface area contributed by atoms with Gasteiger partial charge in [-0.15, -0.1) is 0 Å². The molecule has 0 fully saturated rings. The third-order valence-corrected chi connectivity index (χ3v) is 2.26. The predicted octanol–water partition coefficient (Wildman–Crippen LogP) is 2.42. The van der Waals surface area contributed by atoms with Crippen LogP contribution in [0.2, 0.25) is 5.02 Å². The van der Waals surface area contributed by atoms with Gasteiger partial charge in [0.2, 0.25) is 0 Å². The van der Waals surface area contributed by atoms with Crippen molar-refractivity contribution in [3.63, 3.8) is 0 Å². The average Bonchev–Trinajstić information content (AvgIpc) is 2.51. The highest BCUT2D eigenvalue weighted by Crippen LogP contribution is 2.22. The first-order valence-electron chi connectivity index (χ1n) is 4.23. The SMILES string of the molecule is Cc1cn(-c2ccc(N)cc2Cl)cn1. The van der Waals surface area contributed by atoms with E-state index in [0.29, 0.717) is 10.7 Å². The van der Waals surface area contributed by atoms with Crippen LogP contribution in [0.5, 0.6) is 0 Å². The van der Waals surface area contributed by atoms with Crippen LogP contribution in [0.3, 0.4) is 0 Å². The van der Waals surface area contributed by atoms with E-state index >= 15 is 0 Å². The Hall–Kier alpha value is -1.48. The van der Waals surface area contributed by atoms with Gasteiger partial charge in [-0.2, -0.15) is 0 Å². The van der Waals surface area contributed by atoms with Crippen LogP contribution in [0, 0.1) is 6.92 Å². The van der Waals surface area contributed by atoms with E-state index in [1.165, 1.54) is 0 Å². The predicted molar refractivity (Wildman–Crippen MR) is 57.7 cm³/mol. The van der Waals surface area contributed by atoms with Crippen LogP contribution < -0.4 is 5.73 Å². The number of aromatic nitrogens is 2. The third-order valence-electron chi connectivity index (χ3n) is 1.96. The summed E-state index contributed by atoms with van der Waals surface area (Å²) in [5.74, 6) is 0. The zero-order valence-corrected chi connectivity index (χ0v) is 8.49. The lowest BCUT2D eigenvalue weighted by Crippen LogP contribution is -1.92. The summed E-state index contributed by atoms with van der Waals surface area (Å²) in [5.41, 5.74) is 8.11. The molecular weight excluding hydrogens is 198 g/mol. The van der Waals surface area contributed by atoms with E-state index in [1.54, 1.807) is 12.4 Å². The van der Waals surface area contributed by atoms with Crippen LogP contribution in [0.1, 0.15) is 5.69 Å². The molecule has 0 atom stereocenters. The first-order chi connectivity index (χ1) is 6.66. The number of halogens is 1. The van der Waals surface area contributed by atoms with Crippen molar-refractivity contribution in [2.24, 2.45) is 0 Å². The van der Waals surface area contributed by atoms with Crippen LogP contribution in [0.25, 0.3) is 5.69 Å². The molecule has 1 aromatic carbocycles. The number of anilines is 1. The summed E-state index contributed by atoms with van der Waals surface area (Å²) >= 11 is 6.04. The van der Waals surface area contributed by atoms with Gasteiger partial charge in [0.25, 0.3) is 0 Å². The van der Waals surface area contributed by atoms with E-state index in [4.69, 9.17) is 17.3 Å². The number of nitrogens with two attached hydrogens (primary N) is 1. The van der Waals surface area contributed by atoms with Crippen molar-refractivity contribution in [1.82, 2.24) is 9.55 Å². The smallest absolute Gasteiger partial charge is 0.0995 e. The molecule has 0 saturated carbocycles. The lowest BCUT2D eigenvalue weighted by molar-refractivity contribution is 1.06. The van der Waals surface area contributed by atoms with Crippen molar-refractivity contribution in [3.05, 3.63) is 41.4 Å². The highest BCUT2D eigenvalue weighted by atomic mass is 35.5. The van der Waals surface area contributed by atoms with Gasteiger partial charge in [0, 0.05) is 11.9 Å². The van der Waals surface area contributed by atoms with Crippen molar-refractivity contribution in [2.45, 2.75) is 6.92 Å². The molecule has 1 heterocycles. The van der Waals surface area contributed by atoms with E-state index in [9.17, 15) is 0 Å². The number of imidazole rings is 1. The Morgan fingerprint density at radius 1 is 1.43 bits per heavy atom. The molecule has 0 bridgehead atoms. The maximum Gasteiger partial charge on any atom is 0.0995 e. The topological polar surface area (TPSA) is 43.8 Å². The van der Waals surface area contributed by atoms with Crippen LogP contribution in [0.15, 0.2) is 30.7 Å². The summed E-state index contributed by atoms with van der Waals surface area (Å²) in [7, 11) is 0. The van der Waals surface area contributed by atoms with Gasteiger partial charge in [-0.1, -0.05) is 11.6 Å². The molecule has 2 rings (SSSR count). The largest absolute Gasteiger partial charge is 0.399 e. The fraction of sp³-hybridized carbons (Fsp3) is 0.100. The van der Waals surface area contributed by atoms with Gasteiger partial charge in [-0.05, 0) is 25.1 Å². The highest BCUT2D eigenvalue weighted by Gasteiger charge is 2.02. The molecule has 72 valence electrons. The Balaban J connectivity index is 2.52. The number of benzene rings is 1. The molecule has 0 aliphatic heterocycles. The second kappa shape index (κ2) is 3.35. The lowest BCUT2D eigenvalue weighted by atomic mass is 10.3. The molecule has 0 unspecified atom stereocenters. The van der Waals surface area contributed by atoms with Gasteiger partial charge < -0.3 is 10.3 Å². The number of hydrogen-bond acceptors (Lipinski definition) is 2. The van der Waals surface area contributed by atoms with Crippen molar-refractivity contribution in [1.29, 1.82) is 0 Å². The van der Waals surface area contributed by atoms with Gasteiger partial charge in [-0.3, -0.25) is 0 Å². The zero-order chi connectivity index (χ0) is 10.1. The standard InChI is InChI=1S/C10H10ClN3/c1-7-5-14(6-13-7)10-3-2-8(12)4-9(10)11/h2-6H,12H2,1H3. The Labute approximate surface area is 87.1 Å². The second-order valence-corrected chi connectivity index (χ2v) is 3.54. The molecule has 0 aliphatic rings. The summed E-state index contributed by atoms with van der Waals surface area (Å²) in [4.78, 5) is 4.13. The second-order valence-electron chi connectivity index (χ2n) is 3.13. The van der Waals surface area contributed by atoms with E-state index < -0.39 is 0 Å². The van der Waals surface area contributed by atoms with Gasteiger partial charge in [0.15, 0.2) is 0 Å². The van der Waals surface area contributed by atoms with Crippen LogP contribution >= 0.6 is 11.6 Å². The molecule has 3 nitrogen and oxygen atoms in total. The van der Waals surface area contributed by atoms with E-state index in [-0.39, 0.29) is 0 Å². The highest BCUT2D eigenvalue weighted by molar-refractivity contribution is 6.32. The number of hydrogen-bond donors (Lipinski definition) is 1. The van der Waals surface area contributed by atoms with Gasteiger partial charge >= 0.3 is 0 Å². The Kier molecular flexibility index (Phi) is 2.17. The summed E-state index contributed by atoms with van der Waals surface area (Å²) in [6.07, 6.45) is 3.64. The molecule has 0 saturated heterocycles. The third kappa shape index (κ3) is 1.59. The number of nitrogen functional groups attached to an aromatic ring is 1. The Morgan fingerprint density at radius 2 is 2.21 bits per heavy atom. The zero-order valence-electron chi connectivity index (χ0n) is 7.74. The summed E-state index contributed by atoms with van der Waals surface area (Å²) in [5, 5.41) is 0.627. The maximum absolute atomic E-state index is 6.04. The van der Waals surface area contributed by atoms with E-state index in [2.05, 4.69) is 4.98 Å². The molecule has 2 N–H and O–H groups in total. The molecule has 1 aromatic heterocycles. The van der Waals surface area contributed by atoms with Crippen molar-refractivity contribution >= 4 is 17.3 Å². The van der Waals surface area contributed by atoms with Gasteiger partial charge in [-0.25, -0.2) is 4.98 Å². The quantitative estimate of drug-likeness (QED) is 0.730. The molecule has 0 aliphatic carbocycles. The first-order valence-corrected chi connectivity index (χ1v) is 4.60. The Morgan fingerprint density at radius 3 is 2.79 bits per heavy atom. The maximum atomic E-state index is 6.04. The minimum absolute atomic E-state index is 0.627. The summed E-state index contributed by atoms with van der Waals surface area (Å²) in [6, 6.07) is 5.42. The molecule has 0 spiro atoms. The number of rotatable bonds is 1. The van der Waals surface area contributed by atoms with Crippen molar-refractivity contribution < 1.29 is 0 Å². The normalized spacial score (nSPS) is 10.4. The summed E-state index contributed by atoms with van der Waals surface area (Å²) in [6.45, 7) is 1.93. The van der Waals surface area contributed by atoms with Crippen LogP contribution in [-0.2, 0) is 0 Å². The van der Waals surface area contributed by atoms with Crippen molar-refractivity contribution in [2.75, 3.05) is 5.73 Å². The molecule has 0 radical (unpaired) electrons. The van der Waals surface area contributed by atoms with E-state index in [0.717, 1.165) is 11.4 Å². The van der Waals surface area contributed by atoms with E-state index in [1.807, 2.05) is 29.8 Å². The fourth-order valence-electron chi connectivity index (χ4n) is 1.29. The molecule has 0 amide bonds. The molecular formula is C10H10ClN3. The lowest BCUT2D eigenvalue weighted by Gasteiger charge is -2.04. The molecule has 4 heteroatoms. The fourth-order valence-corrected chi connectivity index (χ4v) is 1.57. The van der Waals surface area contributed by atoms with Crippen LogP contribution in [0.4, 0.5) is 5.69 Å². The minimum Gasteiger partial charge on any atom is -0.399 e. The number of nitrogens with zero attached hydrogens (tertiary/aromatic N) is 2. The minimum atomic E-state index is 0.627. The summed E-state index contributed by atoms with van der Waals surface area (Å²) < 4.78 is 1.87. The number of aryl methyl sites for hydroxylation is 1.